The molecule has 1 aliphatic carbocycles. The second kappa shape index (κ2) is 7.64. The molecule has 0 aliphatic heterocycles. The zero-order chi connectivity index (χ0) is 20.0. The lowest BCUT2D eigenvalue weighted by Gasteiger charge is -2.38. The zero-order valence-electron chi connectivity index (χ0n) is 17.5. The van der Waals surface area contributed by atoms with E-state index in [1.807, 2.05) is 6.07 Å². The highest BCUT2D eigenvalue weighted by molar-refractivity contribution is 9.10. The average Bonchev–Trinajstić information content (AvgIpc) is 2.89. The molecule has 0 radical (unpaired) electrons. The fraction of sp³-hybridized carbons (Fsp3) is 0.636. The second-order valence-corrected chi connectivity index (χ2v) is 15.4. The maximum atomic E-state index is 13.9. The Morgan fingerprint density at radius 1 is 1.15 bits per heavy atom. The third kappa shape index (κ3) is 4.35. The van der Waals surface area contributed by atoms with Crippen molar-refractivity contribution in [2.75, 3.05) is 6.61 Å². The van der Waals surface area contributed by atoms with Gasteiger partial charge in [-0.3, -0.25) is 0 Å². The number of nitrogens with zero attached hydrogens (tertiary/aromatic N) is 1. The van der Waals surface area contributed by atoms with Crippen LogP contribution in [0.4, 0.5) is 4.39 Å². The van der Waals surface area contributed by atoms with Gasteiger partial charge < -0.3 is 8.99 Å². The van der Waals surface area contributed by atoms with E-state index < -0.39 is 8.32 Å². The fourth-order valence-corrected chi connectivity index (χ4v) is 5.36. The van der Waals surface area contributed by atoms with Crippen molar-refractivity contribution in [3.8, 4) is 0 Å². The van der Waals surface area contributed by atoms with Crippen LogP contribution >= 0.6 is 15.9 Å². The van der Waals surface area contributed by atoms with Gasteiger partial charge in [-0.1, -0.05) is 20.8 Å². The van der Waals surface area contributed by atoms with Crippen LogP contribution in [0, 0.1) is 11.7 Å². The Kier molecular flexibility index (Phi) is 5.96. The Hall–Kier alpha value is -0.653. The van der Waals surface area contributed by atoms with Crippen LogP contribution in [-0.4, -0.2) is 19.5 Å². The number of hydrogen-bond acceptors (Lipinski definition) is 1. The van der Waals surface area contributed by atoms with E-state index in [1.165, 1.54) is 31.4 Å². The minimum absolute atomic E-state index is 0.193. The van der Waals surface area contributed by atoms with Gasteiger partial charge in [-0.15, -0.1) is 0 Å². The van der Waals surface area contributed by atoms with Gasteiger partial charge in [0.25, 0.3) is 0 Å². The van der Waals surface area contributed by atoms with Crippen molar-refractivity contribution < 1.29 is 8.82 Å². The lowest BCUT2D eigenvalue weighted by atomic mass is 9.81. The predicted molar refractivity (Wildman–Crippen MR) is 118 cm³/mol. The summed E-state index contributed by atoms with van der Waals surface area (Å²) in [6, 6.07) is 5.78. The van der Waals surface area contributed by atoms with Crippen LogP contribution in [0.5, 0.6) is 0 Å². The van der Waals surface area contributed by atoms with Crippen molar-refractivity contribution in [2.24, 2.45) is 13.0 Å². The Morgan fingerprint density at radius 2 is 1.78 bits per heavy atom. The van der Waals surface area contributed by atoms with Crippen molar-refractivity contribution in [1.82, 2.24) is 4.57 Å². The highest BCUT2D eigenvalue weighted by Crippen LogP contribution is 2.41. The molecule has 2 nitrogen and oxygen atoms in total. The van der Waals surface area contributed by atoms with Gasteiger partial charge in [0.15, 0.2) is 8.32 Å². The monoisotopic (exact) mass is 453 g/mol. The normalized spacial score (nSPS) is 21.8. The van der Waals surface area contributed by atoms with E-state index in [4.69, 9.17) is 4.43 Å². The summed E-state index contributed by atoms with van der Waals surface area (Å²) in [6.07, 6.45) is 4.83. The summed E-state index contributed by atoms with van der Waals surface area (Å²) in [5.41, 5.74) is 2.32. The molecule has 0 unspecified atom stereocenters. The lowest BCUT2D eigenvalue weighted by Crippen LogP contribution is -2.42. The van der Waals surface area contributed by atoms with Crippen LogP contribution in [-0.2, 0) is 11.5 Å². The summed E-state index contributed by atoms with van der Waals surface area (Å²) < 4.78 is 23.1. The van der Waals surface area contributed by atoms with Gasteiger partial charge in [-0.05, 0) is 89.8 Å². The van der Waals surface area contributed by atoms with Crippen molar-refractivity contribution in [1.29, 1.82) is 0 Å². The summed E-state index contributed by atoms with van der Waals surface area (Å²) in [5.74, 6) is 1.05. The first-order valence-electron chi connectivity index (χ1n) is 10.1. The largest absolute Gasteiger partial charge is 0.417 e. The van der Waals surface area contributed by atoms with E-state index in [1.54, 1.807) is 6.07 Å². The first kappa shape index (κ1) is 21.1. The summed E-state index contributed by atoms with van der Waals surface area (Å²) in [7, 11) is 0.411. The molecule has 3 rings (SSSR count). The first-order valence-corrected chi connectivity index (χ1v) is 13.8. The summed E-state index contributed by atoms with van der Waals surface area (Å²) in [4.78, 5) is 0. The molecule has 0 amide bonds. The van der Waals surface area contributed by atoms with Crippen LogP contribution in [0.15, 0.2) is 22.7 Å². The predicted octanol–water partition coefficient (Wildman–Crippen LogP) is 7.38. The standard InChI is InChI=1S/C22H33BrFNOSi/c1-22(2,3)27(5,6)26-14-15-7-9-16(10-8-15)20-12-17-11-18(23)19(24)13-21(17)25(20)4/h11-13,15-16H,7-10,14H2,1-6H3. The van der Waals surface area contributed by atoms with Crippen LogP contribution in [0.25, 0.3) is 10.9 Å². The van der Waals surface area contributed by atoms with E-state index in [0.717, 1.165) is 17.5 Å². The topological polar surface area (TPSA) is 14.2 Å². The van der Waals surface area contributed by atoms with Gasteiger partial charge in [0, 0.05) is 24.7 Å². The summed E-state index contributed by atoms with van der Waals surface area (Å²) in [5, 5.41) is 1.39. The molecular weight excluding hydrogens is 421 g/mol. The molecular formula is C22H33BrFNOSi. The van der Waals surface area contributed by atoms with Crippen LogP contribution < -0.4 is 0 Å². The van der Waals surface area contributed by atoms with Crippen molar-refractivity contribution in [3.63, 3.8) is 0 Å². The van der Waals surface area contributed by atoms with E-state index in [0.29, 0.717) is 16.3 Å². The first-order chi connectivity index (χ1) is 12.5. The Morgan fingerprint density at radius 3 is 2.37 bits per heavy atom. The van der Waals surface area contributed by atoms with Gasteiger partial charge in [-0.2, -0.15) is 0 Å². The summed E-state index contributed by atoms with van der Waals surface area (Å²) >= 11 is 3.31. The maximum Gasteiger partial charge on any atom is 0.191 e. The van der Waals surface area contributed by atoms with Gasteiger partial charge in [-0.25, -0.2) is 4.39 Å². The number of aromatic nitrogens is 1. The number of hydrogen-bond donors (Lipinski definition) is 0. The van der Waals surface area contributed by atoms with Crippen molar-refractivity contribution in [3.05, 3.63) is 34.2 Å². The molecule has 0 bridgehead atoms. The molecule has 1 saturated carbocycles. The molecule has 1 aromatic heterocycles. The third-order valence-corrected chi connectivity index (χ3v) is 12.0. The van der Waals surface area contributed by atoms with Crippen LogP contribution in [0.1, 0.15) is 58.1 Å². The van der Waals surface area contributed by atoms with Crippen LogP contribution in [0.2, 0.25) is 18.1 Å². The van der Waals surface area contributed by atoms with Crippen molar-refractivity contribution in [2.45, 2.75) is 70.5 Å². The SMILES string of the molecule is Cn1c(C2CCC(CO[Si](C)(C)C(C)(C)C)CC2)cc2cc(Br)c(F)cc21. The molecule has 0 N–H and O–H groups in total. The van der Waals surface area contributed by atoms with Gasteiger partial charge in [0.1, 0.15) is 5.82 Å². The number of aryl methyl sites for hydroxylation is 1. The molecule has 0 atom stereocenters. The Labute approximate surface area is 172 Å². The minimum atomic E-state index is -1.66. The molecule has 0 spiro atoms. The summed E-state index contributed by atoms with van der Waals surface area (Å²) in [6.45, 7) is 12.5. The molecule has 2 aromatic rings. The third-order valence-electron chi connectivity index (χ3n) is 6.87. The molecule has 5 heteroatoms. The molecule has 27 heavy (non-hydrogen) atoms. The number of halogens is 2. The van der Waals surface area contributed by atoms with Crippen molar-refractivity contribution >= 4 is 35.2 Å². The zero-order valence-corrected chi connectivity index (χ0v) is 20.1. The molecule has 0 saturated heterocycles. The van der Waals surface area contributed by atoms with Gasteiger partial charge in [0.05, 0.1) is 9.99 Å². The molecule has 150 valence electrons. The van der Waals surface area contributed by atoms with Gasteiger partial charge in [0.2, 0.25) is 0 Å². The average molecular weight is 455 g/mol. The fourth-order valence-electron chi connectivity index (χ4n) is 3.91. The lowest BCUT2D eigenvalue weighted by molar-refractivity contribution is 0.184. The maximum absolute atomic E-state index is 13.9. The van der Waals surface area contributed by atoms with Gasteiger partial charge >= 0.3 is 0 Å². The van der Waals surface area contributed by atoms with E-state index in [2.05, 4.69) is 67.5 Å². The molecule has 1 aromatic carbocycles. The highest BCUT2D eigenvalue weighted by atomic mass is 79.9. The number of fused-ring (bicyclic) bond motifs is 1. The Balaban J connectivity index is 1.64. The molecule has 1 heterocycles. The smallest absolute Gasteiger partial charge is 0.191 e. The second-order valence-electron chi connectivity index (χ2n) is 9.74. The number of benzene rings is 1. The number of rotatable bonds is 4. The Bertz CT molecular complexity index is 816. The minimum Gasteiger partial charge on any atom is -0.417 e. The quantitative estimate of drug-likeness (QED) is 0.440. The van der Waals surface area contributed by atoms with E-state index in [-0.39, 0.29) is 10.9 Å². The highest BCUT2D eigenvalue weighted by Gasteiger charge is 2.38. The molecule has 1 fully saturated rings. The van der Waals surface area contributed by atoms with E-state index in [9.17, 15) is 4.39 Å². The van der Waals surface area contributed by atoms with E-state index >= 15 is 0 Å². The van der Waals surface area contributed by atoms with Crippen LogP contribution in [0.3, 0.4) is 0 Å². The molecule has 1 aliphatic rings.